The molecule has 0 aliphatic carbocycles. The maximum absolute atomic E-state index is 12.0. The topological polar surface area (TPSA) is 54.1 Å². The molecule has 2 rings (SSSR count). The number of hydrogen-bond acceptors (Lipinski definition) is 2. The fourth-order valence-corrected chi connectivity index (χ4v) is 1.92. The summed E-state index contributed by atoms with van der Waals surface area (Å²) in [6, 6.07) is 10.6. The average molecular weight is 279 g/mol. The fraction of sp³-hybridized carbons (Fsp3) is 0.214. The highest BCUT2D eigenvalue weighted by Gasteiger charge is 2.16. The van der Waals surface area contributed by atoms with Gasteiger partial charge in [0.2, 0.25) is 0 Å². The molecule has 0 saturated carbocycles. The summed E-state index contributed by atoms with van der Waals surface area (Å²) in [5, 5.41) is 3.58. The van der Waals surface area contributed by atoms with Crippen LogP contribution in [0.2, 0.25) is 5.02 Å². The highest BCUT2D eigenvalue weighted by atomic mass is 35.5. The Morgan fingerprint density at radius 1 is 1.37 bits per heavy atom. The van der Waals surface area contributed by atoms with Crippen LogP contribution < -0.4 is 5.32 Å². The van der Waals surface area contributed by atoms with Gasteiger partial charge < -0.3 is 15.0 Å². The van der Waals surface area contributed by atoms with Gasteiger partial charge >= 0.3 is 0 Å². The largest absolute Gasteiger partial charge is 0.382 e. The molecule has 5 heteroatoms. The number of aromatic nitrogens is 1. The minimum Gasteiger partial charge on any atom is -0.382 e. The number of rotatable bonds is 5. The van der Waals surface area contributed by atoms with Crippen LogP contribution in [0.4, 0.5) is 0 Å². The molecular weight excluding hydrogens is 264 g/mol. The third-order valence-electron chi connectivity index (χ3n) is 2.75. The lowest BCUT2D eigenvalue weighted by Gasteiger charge is -2.18. The van der Waals surface area contributed by atoms with Gasteiger partial charge in [0.25, 0.3) is 5.91 Å². The predicted octanol–water partition coefficient (Wildman–Crippen LogP) is 2.79. The number of methoxy groups -OCH3 is 1. The zero-order valence-electron chi connectivity index (χ0n) is 10.5. The average Bonchev–Trinajstić information content (AvgIpc) is 2.93. The number of hydrogen-bond donors (Lipinski definition) is 2. The first-order chi connectivity index (χ1) is 9.20. The van der Waals surface area contributed by atoms with Gasteiger partial charge in [-0.3, -0.25) is 4.79 Å². The van der Waals surface area contributed by atoms with Gasteiger partial charge in [-0.2, -0.15) is 0 Å². The molecule has 4 nitrogen and oxygen atoms in total. The molecule has 1 aromatic heterocycles. The number of carbonyl (C=O) groups is 1. The van der Waals surface area contributed by atoms with Crippen molar-refractivity contribution in [2.24, 2.45) is 0 Å². The smallest absolute Gasteiger partial charge is 0.268 e. The molecule has 2 aromatic rings. The van der Waals surface area contributed by atoms with Gasteiger partial charge in [0.15, 0.2) is 0 Å². The SMILES string of the molecule is COC[C@H](NC(=O)c1ccc[nH]1)c1ccc(Cl)cc1. The van der Waals surface area contributed by atoms with E-state index in [1.807, 2.05) is 12.1 Å². The van der Waals surface area contributed by atoms with E-state index in [-0.39, 0.29) is 11.9 Å². The van der Waals surface area contributed by atoms with Crippen molar-refractivity contribution in [3.63, 3.8) is 0 Å². The van der Waals surface area contributed by atoms with Gasteiger partial charge in [0, 0.05) is 18.3 Å². The van der Waals surface area contributed by atoms with Crippen molar-refractivity contribution < 1.29 is 9.53 Å². The summed E-state index contributed by atoms with van der Waals surface area (Å²) in [5.74, 6) is -0.165. The van der Waals surface area contributed by atoms with E-state index < -0.39 is 0 Å². The molecule has 1 atom stereocenters. The lowest BCUT2D eigenvalue weighted by Crippen LogP contribution is -2.31. The van der Waals surface area contributed by atoms with Crippen LogP contribution in [0.1, 0.15) is 22.1 Å². The normalized spacial score (nSPS) is 12.1. The summed E-state index contributed by atoms with van der Waals surface area (Å²) in [5.41, 5.74) is 1.47. The molecule has 1 amide bonds. The van der Waals surface area contributed by atoms with Gasteiger partial charge in [-0.25, -0.2) is 0 Å². The van der Waals surface area contributed by atoms with Gasteiger partial charge in [-0.05, 0) is 29.8 Å². The summed E-state index contributed by atoms with van der Waals surface area (Å²) in [4.78, 5) is 14.9. The quantitative estimate of drug-likeness (QED) is 0.884. The Hall–Kier alpha value is -1.78. The first-order valence-corrected chi connectivity index (χ1v) is 6.27. The van der Waals surface area contributed by atoms with Crippen molar-refractivity contribution in [2.75, 3.05) is 13.7 Å². The molecular formula is C14H15ClN2O2. The van der Waals surface area contributed by atoms with Crippen LogP contribution in [-0.2, 0) is 4.74 Å². The van der Waals surface area contributed by atoms with E-state index in [0.717, 1.165) is 5.56 Å². The molecule has 1 aromatic carbocycles. The number of amides is 1. The molecule has 0 aliphatic rings. The Morgan fingerprint density at radius 2 is 2.11 bits per heavy atom. The monoisotopic (exact) mass is 278 g/mol. The minimum absolute atomic E-state index is 0.165. The number of nitrogens with one attached hydrogen (secondary N) is 2. The Labute approximate surface area is 116 Å². The maximum Gasteiger partial charge on any atom is 0.268 e. The number of aromatic amines is 1. The Kier molecular flexibility index (Phi) is 4.60. The summed E-state index contributed by atoms with van der Waals surface area (Å²) in [6.45, 7) is 0.397. The van der Waals surface area contributed by atoms with Gasteiger partial charge in [-0.15, -0.1) is 0 Å². The van der Waals surface area contributed by atoms with Gasteiger partial charge in [0.05, 0.1) is 12.6 Å². The van der Waals surface area contributed by atoms with Crippen LogP contribution in [-0.4, -0.2) is 24.6 Å². The third kappa shape index (κ3) is 3.59. The van der Waals surface area contributed by atoms with Crippen molar-refractivity contribution in [3.05, 3.63) is 58.9 Å². The molecule has 0 saturated heterocycles. The highest BCUT2D eigenvalue weighted by Crippen LogP contribution is 2.17. The van der Waals surface area contributed by atoms with Crippen LogP contribution in [0.3, 0.4) is 0 Å². The highest BCUT2D eigenvalue weighted by molar-refractivity contribution is 6.30. The van der Waals surface area contributed by atoms with Crippen LogP contribution in [0.15, 0.2) is 42.6 Å². The summed E-state index contributed by atoms with van der Waals surface area (Å²) < 4.78 is 5.15. The standard InChI is InChI=1S/C14H15ClN2O2/c1-19-9-13(10-4-6-11(15)7-5-10)17-14(18)12-3-2-8-16-12/h2-8,13,16H,9H2,1H3,(H,17,18)/t13-/m0/s1. The number of ether oxygens (including phenoxy) is 1. The molecule has 0 radical (unpaired) electrons. The van der Waals surface area contributed by atoms with E-state index in [2.05, 4.69) is 10.3 Å². The molecule has 2 N–H and O–H groups in total. The predicted molar refractivity (Wildman–Crippen MR) is 74.3 cm³/mol. The first-order valence-electron chi connectivity index (χ1n) is 5.89. The molecule has 0 unspecified atom stereocenters. The Bertz CT molecular complexity index is 523. The van der Waals surface area contributed by atoms with Gasteiger partial charge in [0.1, 0.15) is 5.69 Å². The van der Waals surface area contributed by atoms with Crippen LogP contribution in [0.25, 0.3) is 0 Å². The van der Waals surface area contributed by atoms with Crippen LogP contribution >= 0.6 is 11.6 Å². The zero-order valence-corrected chi connectivity index (χ0v) is 11.3. The van der Waals surface area contributed by atoms with Crippen LogP contribution in [0.5, 0.6) is 0 Å². The van der Waals surface area contributed by atoms with Crippen molar-refractivity contribution in [3.8, 4) is 0 Å². The van der Waals surface area contributed by atoms with E-state index in [1.165, 1.54) is 0 Å². The second-order valence-corrected chi connectivity index (χ2v) is 4.55. The van der Waals surface area contributed by atoms with Crippen molar-refractivity contribution in [2.45, 2.75) is 6.04 Å². The first kappa shape index (κ1) is 13.6. The van der Waals surface area contributed by atoms with E-state index in [0.29, 0.717) is 17.3 Å². The molecule has 0 aliphatic heterocycles. The second kappa shape index (κ2) is 6.41. The lowest BCUT2D eigenvalue weighted by molar-refractivity contribution is 0.0892. The zero-order chi connectivity index (χ0) is 13.7. The molecule has 0 fully saturated rings. The van der Waals surface area contributed by atoms with Gasteiger partial charge in [-0.1, -0.05) is 23.7 Å². The van der Waals surface area contributed by atoms with Crippen molar-refractivity contribution in [1.82, 2.24) is 10.3 Å². The van der Waals surface area contributed by atoms with Crippen LogP contribution in [0, 0.1) is 0 Å². The molecule has 0 bridgehead atoms. The van der Waals surface area contributed by atoms with E-state index in [9.17, 15) is 4.79 Å². The number of benzene rings is 1. The molecule has 0 spiro atoms. The fourth-order valence-electron chi connectivity index (χ4n) is 1.79. The number of halogens is 1. The molecule has 100 valence electrons. The van der Waals surface area contributed by atoms with Crippen molar-refractivity contribution in [1.29, 1.82) is 0 Å². The lowest BCUT2D eigenvalue weighted by atomic mass is 10.1. The van der Waals surface area contributed by atoms with E-state index >= 15 is 0 Å². The number of carbonyl (C=O) groups excluding carboxylic acids is 1. The second-order valence-electron chi connectivity index (χ2n) is 4.12. The summed E-state index contributed by atoms with van der Waals surface area (Å²) in [7, 11) is 1.60. The molecule has 1 heterocycles. The molecule has 19 heavy (non-hydrogen) atoms. The Morgan fingerprint density at radius 3 is 2.68 bits per heavy atom. The third-order valence-corrected chi connectivity index (χ3v) is 3.01. The van der Waals surface area contributed by atoms with Crippen molar-refractivity contribution >= 4 is 17.5 Å². The number of H-pyrrole nitrogens is 1. The van der Waals surface area contributed by atoms with E-state index in [4.69, 9.17) is 16.3 Å². The summed E-state index contributed by atoms with van der Waals surface area (Å²) >= 11 is 5.86. The Balaban J connectivity index is 2.12. The summed E-state index contributed by atoms with van der Waals surface area (Å²) in [6.07, 6.45) is 1.71. The van der Waals surface area contributed by atoms with E-state index in [1.54, 1.807) is 37.6 Å². The minimum atomic E-state index is -0.210. The maximum atomic E-state index is 12.0.